The molecule has 0 saturated carbocycles. The van der Waals surface area contributed by atoms with E-state index < -0.39 is 11.1 Å². The minimum absolute atomic E-state index is 0.0516. The average molecular weight is 290 g/mol. The Labute approximate surface area is 112 Å². The summed E-state index contributed by atoms with van der Waals surface area (Å²) < 4.78 is 25.3. The van der Waals surface area contributed by atoms with Crippen LogP contribution in [-0.2, 0) is 15.8 Å². The fourth-order valence-electron chi connectivity index (χ4n) is 1.72. The molecule has 1 heterocycles. The van der Waals surface area contributed by atoms with Crippen LogP contribution in [-0.4, -0.2) is 45.9 Å². The molecule has 1 aliphatic heterocycles. The van der Waals surface area contributed by atoms with Crippen molar-refractivity contribution in [3.63, 3.8) is 0 Å². The topological polar surface area (TPSA) is 66.8 Å². The van der Waals surface area contributed by atoms with Crippen LogP contribution in [0.3, 0.4) is 0 Å². The van der Waals surface area contributed by atoms with Crippen LogP contribution in [0.15, 0.2) is 23.1 Å². The van der Waals surface area contributed by atoms with Gasteiger partial charge < -0.3 is 14.2 Å². The quantitative estimate of drug-likeness (QED) is 0.836. The van der Waals surface area contributed by atoms with E-state index in [4.69, 9.17) is 20.9 Å². The highest BCUT2D eigenvalue weighted by Crippen LogP contribution is 2.21. The minimum atomic E-state index is -2.20. The number of morpholine rings is 1. The van der Waals surface area contributed by atoms with Gasteiger partial charge in [0.2, 0.25) is 0 Å². The number of amides is 1. The second kappa shape index (κ2) is 5.79. The van der Waals surface area contributed by atoms with Crippen LogP contribution in [0.1, 0.15) is 10.4 Å². The van der Waals surface area contributed by atoms with Crippen LogP contribution < -0.4 is 0 Å². The monoisotopic (exact) mass is 289 g/mol. The highest BCUT2D eigenvalue weighted by molar-refractivity contribution is 7.79. The predicted molar refractivity (Wildman–Crippen MR) is 67.2 cm³/mol. The molecule has 0 bridgehead atoms. The molecule has 1 N–H and O–H groups in total. The molecule has 1 aromatic carbocycles. The summed E-state index contributed by atoms with van der Waals surface area (Å²) in [5.41, 5.74) is 0.360. The van der Waals surface area contributed by atoms with E-state index in [1.54, 1.807) is 11.0 Å². The highest BCUT2D eigenvalue weighted by Gasteiger charge is 2.20. The third-order valence-electron chi connectivity index (χ3n) is 2.66. The third-order valence-corrected chi connectivity index (χ3v) is 3.82. The molecular weight excluding hydrogens is 278 g/mol. The van der Waals surface area contributed by atoms with Gasteiger partial charge in [-0.25, -0.2) is 4.21 Å². The number of nitrogens with zero attached hydrogens (tertiary/aromatic N) is 1. The van der Waals surface area contributed by atoms with E-state index in [9.17, 15) is 9.00 Å². The van der Waals surface area contributed by atoms with Gasteiger partial charge in [-0.1, -0.05) is 11.6 Å². The molecule has 7 heteroatoms. The van der Waals surface area contributed by atoms with E-state index in [-0.39, 0.29) is 15.8 Å². The molecule has 2 rings (SSSR count). The molecule has 1 saturated heterocycles. The number of carbonyl (C=O) groups excluding carboxylic acids is 1. The van der Waals surface area contributed by atoms with Gasteiger partial charge in [-0.3, -0.25) is 4.79 Å². The summed E-state index contributed by atoms with van der Waals surface area (Å²) in [4.78, 5) is 13.8. The van der Waals surface area contributed by atoms with E-state index in [0.717, 1.165) is 0 Å². The summed E-state index contributed by atoms with van der Waals surface area (Å²) in [6, 6.07) is 4.37. The van der Waals surface area contributed by atoms with Gasteiger partial charge in [0, 0.05) is 18.7 Å². The van der Waals surface area contributed by atoms with Gasteiger partial charge in [-0.2, -0.15) is 0 Å². The van der Waals surface area contributed by atoms with Crippen LogP contribution in [0.5, 0.6) is 0 Å². The summed E-state index contributed by atoms with van der Waals surface area (Å²) in [5.74, 6) is -0.179. The first-order chi connectivity index (χ1) is 8.59. The Morgan fingerprint density at radius 2 is 2.06 bits per heavy atom. The SMILES string of the molecule is O=C(c1ccc(Cl)c(S(=O)O)c1)N1CCOCC1. The van der Waals surface area contributed by atoms with Gasteiger partial charge in [0.1, 0.15) is 0 Å². The maximum atomic E-state index is 12.1. The molecule has 1 unspecified atom stereocenters. The number of carbonyl (C=O) groups is 1. The summed E-state index contributed by atoms with van der Waals surface area (Å²) in [5, 5.41) is 0.175. The van der Waals surface area contributed by atoms with Gasteiger partial charge in [0.25, 0.3) is 5.91 Å². The Hall–Kier alpha value is -0.950. The zero-order valence-corrected chi connectivity index (χ0v) is 11.0. The molecule has 0 spiro atoms. The second-order valence-corrected chi connectivity index (χ2v) is 5.14. The molecule has 18 heavy (non-hydrogen) atoms. The van der Waals surface area contributed by atoms with E-state index in [1.165, 1.54) is 12.1 Å². The van der Waals surface area contributed by atoms with E-state index >= 15 is 0 Å². The Balaban J connectivity index is 2.24. The number of ether oxygens (including phenoxy) is 1. The number of benzene rings is 1. The van der Waals surface area contributed by atoms with Crippen molar-refractivity contribution in [2.24, 2.45) is 0 Å². The Bertz CT molecular complexity index is 488. The molecule has 1 aromatic rings. The molecular formula is C11H12ClNO4S. The Morgan fingerprint density at radius 3 is 2.67 bits per heavy atom. The van der Waals surface area contributed by atoms with E-state index in [2.05, 4.69) is 0 Å². The number of rotatable bonds is 2. The third kappa shape index (κ3) is 2.89. The zero-order valence-electron chi connectivity index (χ0n) is 9.47. The molecule has 1 amide bonds. The number of hydrogen-bond donors (Lipinski definition) is 1. The molecule has 1 fully saturated rings. The minimum Gasteiger partial charge on any atom is -0.378 e. The number of hydrogen-bond acceptors (Lipinski definition) is 3. The van der Waals surface area contributed by atoms with Crippen LogP contribution in [0.25, 0.3) is 0 Å². The average Bonchev–Trinajstić information content (AvgIpc) is 2.39. The van der Waals surface area contributed by atoms with Crippen molar-refractivity contribution in [3.05, 3.63) is 28.8 Å². The fraction of sp³-hybridized carbons (Fsp3) is 0.364. The van der Waals surface area contributed by atoms with Gasteiger partial charge in [0.15, 0.2) is 11.1 Å². The lowest BCUT2D eigenvalue weighted by atomic mass is 10.2. The van der Waals surface area contributed by atoms with Gasteiger partial charge in [-0.15, -0.1) is 0 Å². The smallest absolute Gasteiger partial charge is 0.254 e. The lowest BCUT2D eigenvalue weighted by Crippen LogP contribution is -2.40. The standard InChI is InChI=1S/C11H12ClNO4S/c12-9-2-1-8(7-10(9)18(15)16)11(14)13-3-5-17-6-4-13/h1-2,7H,3-6H2,(H,15,16). The molecule has 1 aliphatic rings. The van der Waals surface area contributed by atoms with Crippen molar-refractivity contribution in [1.82, 2.24) is 4.90 Å². The Morgan fingerprint density at radius 1 is 1.39 bits per heavy atom. The molecule has 1 atom stereocenters. The first-order valence-electron chi connectivity index (χ1n) is 5.37. The summed E-state index contributed by atoms with van der Waals surface area (Å²) in [6.45, 7) is 2.08. The normalized spacial score (nSPS) is 17.6. The molecule has 0 aromatic heterocycles. The van der Waals surface area contributed by atoms with Gasteiger partial charge in [-0.05, 0) is 18.2 Å². The van der Waals surface area contributed by atoms with Crippen molar-refractivity contribution in [2.45, 2.75) is 4.90 Å². The first-order valence-corrected chi connectivity index (χ1v) is 6.85. The van der Waals surface area contributed by atoms with Crippen molar-refractivity contribution >= 4 is 28.6 Å². The van der Waals surface area contributed by atoms with Crippen molar-refractivity contribution in [1.29, 1.82) is 0 Å². The van der Waals surface area contributed by atoms with E-state index in [1.807, 2.05) is 0 Å². The van der Waals surface area contributed by atoms with Crippen molar-refractivity contribution in [2.75, 3.05) is 26.3 Å². The maximum absolute atomic E-state index is 12.1. The first kappa shape index (κ1) is 13.5. The molecule has 5 nitrogen and oxygen atoms in total. The molecule has 98 valence electrons. The predicted octanol–water partition coefficient (Wildman–Crippen LogP) is 1.39. The zero-order chi connectivity index (χ0) is 13.1. The summed E-state index contributed by atoms with van der Waals surface area (Å²) >= 11 is 3.58. The van der Waals surface area contributed by atoms with Crippen LogP contribution >= 0.6 is 11.6 Å². The fourth-order valence-corrected chi connectivity index (χ4v) is 2.50. The summed E-state index contributed by atoms with van der Waals surface area (Å²) in [7, 11) is 0. The van der Waals surface area contributed by atoms with Crippen LogP contribution in [0, 0.1) is 0 Å². The number of halogens is 1. The highest BCUT2D eigenvalue weighted by atomic mass is 35.5. The lowest BCUT2D eigenvalue weighted by Gasteiger charge is -2.27. The lowest BCUT2D eigenvalue weighted by molar-refractivity contribution is 0.0302. The second-order valence-electron chi connectivity index (χ2n) is 3.80. The largest absolute Gasteiger partial charge is 0.378 e. The van der Waals surface area contributed by atoms with Crippen LogP contribution in [0.4, 0.5) is 0 Å². The van der Waals surface area contributed by atoms with Gasteiger partial charge >= 0.3 is 0 Å². The van der Waals surface area contributed by atoms with Gasteiger partial charge in [0.05, 0.1) is 23.1 Å². The molecule has 0 radical (unpaired) electrons. The molecule has 0 aliphatic carbocycles. The van der Waals surface area contributed by atoms with Crippen molar-refractivity contribution in [3.8, 4) is 0 Å². The van der Waals surface area contributed by atoms with E-state index in [0.29, 0.717) is 31.9 Å². The van der Waals surface area contributed by atoms with Crippen LogP contribution in [0.2, 0.25) is 5.02 Å². The van der Waals surface area contributed by atoms with Crippen molar-refractivity contribution < 1.29 is 18.3 Å². The Kier molecular flexibility index (Phi) is 4.34. The summed E-state index contributed by atoms with van der Waals surface area (Å²) in [6.07, 6.45) is 0. The maximum Gasteiger partial charge on any atom is 0.254 e.